The van der Waals surface area contributed by atoms with Crippen molar-refractivity contribution in [1.82, 2.24) is 9.55 Å². The van der Waals surface area contributed by atoms with Crippen LogP contribution in [-0.2, 0) is 17.6 Å². The summed E-state index contributed by atoms with van der Waals surface area (Å²) in [5, 5.41) is 4.27. The molecule has 1 amide bonds. The third kappa shape index (κ3) is 5.84. The van der Waals surface area contributed by atoms with Gasteiger partial charge in [0.15, 0.2) is 5.16 Å². The largest absolute Gasteiger partial charge is 0.494 e. The van der Waals surface area contributed by atoms with Gasteiger partial charge in [-0.3, -0.25) is 14.2 Å². The van der Waals surface area contributed by atoms with E-state index in [1.807, 2.05) is 63.2 Å². The van der Waals surface area contributed by atoms with Crippen molar-refractivity contribution in [2.45, 2.75) is 66.0 Å². The van der Waals surface area contributed by atoms with E-state index in [4.69, 9.17) is 9.72 Å². The van der Waals surface area contributed by atoms with Crippen LogP contribution in [0.25, 0.3) is 15.9 Å². The molecule has 0 aliphatic heterocycles. The Morgan fingerprint density at radius 2 is 1.93 bits per heavy atom. The summed E-state index contributed by atoms with van der Waals surface area (Å²) >= 11 is 2.93. The number of benzene rings is 2. The number of hydrogen-bond acceptors (Lipinski definition) is 6. The lowest BCUT2D eigenvalue weighted by molar-refractivity contribution is -0.113. The van der Waals surface area contributed by atoms with E-state index in [1.165, 1.54) is 16.6 Å². The Bertz CT molecular complexity index is 1610. The Morgan fingerprint density at radius 1 is 1.18 bits per heavy atom. The zero-order valence-electron chi connectivity index (χ0n) is 24.1. The van der Waals surface area contributed by atoms with Gasteiger partial charge >= 0.3 is 0 Å². The van der Waals surface area contributed by atoms with Crippen LogP contribution >= 0.6 is 23.1 Å². The molecule has 4 aromatic rings. The highest BCUT2D eigenvalue weighted by molar-refractivity contribution is 7.99. The summed E-state index contributed by atoms with van der Waals surface area (Å²) < 4.78 is 7.28. The number of thioether (sulfide) groups is 1. The topological polar surface area (TPSA) is 73.2 Å². The van der Waals surface area contributed by atoms with Crippen LogP contribution < -0.4 is 15.6 Å². The molecule has 210 valence electrons. The minimum Gasteiger partial charge on any atom is -0.494 e. The van der Waals surface area contributed by atoms with E-state index in [2.05, 4.69) is 26.1 Å². The maximum absolute atomic E-state index is 14.2. The van der Waals surface area contributed by atoms with E-state index in [0.717, 1.165) is 57.6 Å². The highest BCUT2D eigenvalue weighted by atomic mass is 32.2. The smallest absolute Gasteiger partial charge is 0.267 e. The molecule has 5 rings (SSSR count). The average molecular weight is 576 g/mol. The number of nitrogens with zero attached hydrogens (tertiary/aromatic N) is 2. The van der Waals surface area contributed by atoms with Crippen LogP contribution in [0.5, 0.6) is 5.75 Å². The first-order valence-corrected chi connectivity index (χ1v) is 15.7. The normalized spacial score (nSPS) is 15.2. The van der Waals surface area contributed by atoms with Gasteiger partial charge in [-0.05, 0) is 98.4 Å². The number of hydrogen-bond donors (Lipinski definition) is 1. The second-order valence-corrected chi connectivity index (χ2v) is 13.6. The molecule has 2 heterocycles. The number of ether oxygens (including phenoxy) is 1. The summed E-state index contributed by atoms with van der Waals surface area (Å²) in [6, 6.07) is 13.5. The number of aryl methyl sites for hydroxylation is 3. The zero-order chi connectivity index (χ0) is 28.6. The van der Waals surface area contributed by atoms with E-state index >= 15 is 0 Å². The Hall–Kier alpha value is -3.10. The van der Waals surface area contributed by atoms with Gasteiger partial charge in [-0.25, -0.2) is 4.98 Å². The summed E-state index contributed by atoms with van der Waals surface area (Å²) in [7, 11) is 0. The predicted molar refractivity (Wildman–Crippen MR) is 167 cm³/mol. The summed E-state index contributed by atoms with van der Waals surface area (Å²) in [6.07, 6.45) is 2.94. The molecule has 2 aromatic carbocycles. The van der Waals surface area contributed by atoms with Crippen LogP contribution in [0.15, 0.2) is 52.4 Å². The number of anilines is 1. The van der Waals surface area contributed by atoms with Gasteiger partial charge in [0.2, 0.25) is 5.91 Å². The first kappa shape index (κ1) is 28.4. The standard InChI is InChI=1S/C32H37N3O3S2/c1-7-38-23-13-11-22(12-14-23)35-30(37)28-24-15-10-21(32(4,5)6)17-26(24)40-29(28)34-31(35)39-18-27(36)33-25-16-19(2)8-9-20(25)3/h8-9,11-14,16,21H,7,10,15,17-18H2,1-6H3,(H,33,36). The van der Waals surface area contributed by atoms with Gasteiger partial charge in [0.05, 0.1) is 23.4 Å². The fourth-order valence-electron chi connectivity index (χ4n) is 5.32. The third-order valence-electron chi connectivity index (χ3n) is 7.68. The van der Waals surface area contributed by atoms with Crippen LogP contribution in [0.4, 0.5) is 5.69 Å². The molecule has 0 spiro atoms. The molecule has 1 N–H and O–H groups in total. The average Bonchev–Trinajstić information content (AvgIpc) is 3.28. The highest BCUT2D eigenvalue weighted by Crippen LogP contribution is 2.42. The molecule has 0 saturated heterocycles. The quantitative estimate of drug-likeness (QED) is 0.184. The van der Waals surface area contributed by atoms with E-state index in [-0.39, 0.29) is 22.6 Å². The Balaban J connectivity index is 1.52. The predicted octanol–water partition coefficient (Wildman–Crippen LogP) is 7.34. The number of carbonyl (C=O) groups is 1. The molecule has 40 heavy (non-hydrogen) atoms. The van der Waals surface area contributed by atoms with E-state index in [1.54, 1.807) is 15.9 Å². The second kappa shape index (κ2) is 11.4. The van der Waals surface area contributed by atoms with Crippen molar-refractivity contribution in [3.8, 4) is 11.4 Å². The Labute approximate surface area is 244 Å². The molecular weight excluding hydrogens is 539 g/mol. The maximum Gasteiger partial charge on any atom is 0.267 e. The number of nitrogens with one attached hydrogen (secondary N) is 1. The van der Waals surface area contributed by atoms with Crippen molar-refractivity contribution < 1.29 is 9.53 Å². The summed E-state index contributed by atoms with van der Waals surface area (Å²) in [5.74, 6) is 1.32. The minimum atomic E-state index is -0.134. The van der Waals surface area contributed by atoms with E-state index < -0.39 is 0 Å². The van der Waals surface area contributed by atoms with Crippen LogP contribution in [0.3, 0.4) is 0 Å². The van der Waals surface area contributed by atoms with Crippen LogP contribution in [0.1, 0.15) is 55.7 Å². The first-order valence-electron chi connectivity index (χ1n) is 13.9. The third-order valence-corrected chi connectivity index (χ3v) is 9.77. The fourth-order valence-corrected chi connectivity index (χ4v) is 7.47. The molecular formula is C32H37N3O3S2. The minimum absolute atomic E-state index is 0.0710. The van der Waals surface area contributed by atoms with Crippen molar-refractivity contribution in [2.75, 3.05) is 17.7 Å². The fraction of sp³-hybridized carbons (Fsp3) is 0.406. The lowest BCUT2D eigenvalue weighted by atomic mass is 9.72. The molecule has 6 nitrogen and oxygen atoms in total. The molecule has 1 unspecified atom stereocenters. The zero-order valence-corrected chi connectivity index (χ0v) is 25.7. The second-order valence-electron chi connectivity index (χ2n) is 11.6. The van der Waals surface area contributed by atoms with Gasteiger partial charge in [-0.1, -0.05) is 44.7 Å². The van der Waals surface area contributed by atoms with Crippen LogP contribution in [0, 0.1) is 25.2 Å². The molecule has 2 aromatic heterocycles. The molecule has 0 saturated carbocycles. The Morgan fingerprint density at radius 3 is 2.62 bits per heavy atom. The van der Waals surface area contributed by atoms with Crippen molar-refractivity contribution in [2.24, 2.45) is 11.3 Å². The molecule has 1 aliphatic carbocycles. The molecule has 1 atom stereocenters. The van der Waals surface area contributed by atoms with Gasteiger partial charge in [0.25, 0.3) is 5.56 Å². The molecule has 0 fully saturated rings. The van der Waals surface area contributed by atoms with E-state index in [9.17, 15) is 9.59 Å². The van der Waals surface area contributed by atoms with Gasteiger partial charge < -0.3 is 10.1 Å². The summed E-state index contributed by atoms with van der Waals surface area (Å²) in [6.45, 7) is 13.4. The van der Waals surface area contributed by atoms with Gasteiger partial charge in [-0.15, -0.1) is 11.3 Å². The molecule has 0 radical (unpaired) electrons. The van der Waals surface area contributed by atoms with Crippen LogP contribution in [0.2, 0.25) is 0 Å². The first-order chi connectivity index (χ1) is 19.0. The molecule has 8 heteroatoms. The Kier molecular flexibility index (Phi) is 8.11. The highest BCUT2D eigenvalue weighted by Gasteiger charge is 2.32. The van der Waals surface area contributed by atoms with Crippen molar-refractivity contribution in [3.63, 3.8) is 0 Å². The van der Waals surface area contributed by atoms with Gasteiger partial charge in [0.1, 0.15) is 10.6 Å². The lowest BCUT2D eigenvalue weighted by Crippen LogP contribution is -2.27. The molecule has 1 aliphatic rings. The van der Waals surface area contributed by atoms with Crippen molar-refractivity contribution in [3.05, 3.63) is 74.4 Å². The number of rotatable bonds is 7. The van der Waals surface area contributed by atoms with Gasteiger partial charge in [-0.2, -0.15) is 0 Å². The van der Waals surface area contributed by atoms with Crippen molar-refractivity contribution >= 4 is 44.9 Å². The number of thiophene rings is 1. The van der Waals surface area contributed by atoms with Gasteiger partial charge in [0, 0.05) is 10.6 Å². The van der Waals surface area contributed by atoms with E-state index in [0.29, 0.717) is 23.4 Å². The number of fused-ring (bicyclic) bond motifs is 3. The van der Waals surface area contributed by atoms with Crippen molar-refractivity contribution in [1.29, 1.82) is 0 Å². The summed E-state index contributed by atoms with van der Waals surface area (Å²) in [5.41, 5.74) is 4.90. The number of amides is 1. The summed E-state index contributed by atoms with van der Waals surface area (Å²) in [4.78, 5) is 34.2. The number of carbonyl (C=O) groups excluding carboxylic acids is 1. The van der Waals surface area contributed by atoms with Crippen LogP contribution in [-0.4, -0.2) is 27.8 Å². The maximum atomic E-state index is 14.2. The SMILES string of the molecule is CCOc1ccc(-n2c(SCC(=O)Nc3cc(C)ccc3C)nc3sc4c(c3c2=O)CCC(C(C)(C)C)C4)cc1. The monoisotopic (exact) mass is 575 g/mol. The number of aromatic nitrogens is 2. The molecule has 0 bridgehead atoms. The lowest BCUT2D eigenvalue weighted by Gasteiger charge is -2.33.